The van der Waals surface area contributed by atoms with E-state index in [0.717, 1.165) is 22.3 Å². The van der Waals surface area contributed by atoms with E-state index in [0.29, 0.717) is 28.0 Å². The molecule has 0 heterocycles. The molecule has 7 rings (SSSR count). The lowest BCUT2D eigenvalue weighted by Crippen LogP contribution is -2.58. The van der Waals surface area contributed by atoms with Crippen LogP contribution in [0.4, 0.5) is 4.79 Å². The number of hydrogen-bond acceptors (Lipinski definition) is 13. The van der Waals surface area contributed by atoms with Gasteiger partial charge in [0.2, 0.25) is 41.4 Å². The molecular weight excluding hydrogens is 1240 g/mol. The number of ether oxygens (including phenoxy) is 3. The van der Waals surface area contributed by atoms with Crippen molar-refractivity contribution in [3.8, 4) is 16.9 Å². The molecule has 0 spiro atoms. The molecule has 0 aromatic heterocycles. The Bertz CT molecular complexity index is 3580. The zero-order chi connectivity index (χ0) is 70.6. The first-order valence-electron chi connectivity index (χ1n) is 32.6. The van der Waals surface area contributed by atoms with E-state index in [1.54, 1.807) is 45.0 Å². The van der Waals surface area contributed by atoms with Gasteiger partial charge in [-0.1, -0.05) is 166 Å². The third kappa shape index (κ3) is 21.6. The molecule has 1 aliphatic rings. The summed E-state index contributed by atoms with van der Waals surface area (Å²) in [5.41, 5.74) is 4.10. The maximum absolute atomic E-state index is 14.7. The van der Waals surface area contributed by atoms with Crippen molar-refractivity contribution < 1.29 is 67.3 Å². The van der Waals surface area contributed by atoms with Gasteiger partial charge >= 0.3 is 18.0 Å². The number of carbonyl (C=O) groups is 10. The molecule has 9 N–H and O–H groups in total. The Labute approximate surface area is 566 Å². The summed E-state index contributed by atoms with van der Waals surface area (Å²) in [5, 5.41) is 30.7. The fraction of sp³-hybridized carbons (Fsp3) is 0.387. The van der Waals surface area contributed by atoms with Crippen LogP contribution in [0.3, 0.4) is 0 Å². The number of amides is 8. The molecule has 0 fully saturated rings. The minimum atomic E-state index is -1.55. The Morgan fingerprint density at radius 3 is 1.46 bits per heavy atom. The second-order valence-corrected chi connectivity index (χ2v) is 26.5. The quantitative estimate of drug-likeness (QED) is 0.0147. The number of rotatable bonds is 31. The van der Waals surface area contributed by atoms with E-state index in [1.165, 1.54) is 13.8 Å². The summed E-state index contributed by atoms with van der Waals surface area (Å²) in [7, 11) is 0. The van der Waals surface area contributed by atoms with Crippen LogP contribution in [0.5, 0.6) is 5.75 Å². The van der Waals surface area contributed by atoms with E-state index in [-0.39, 0.29) is 50.5 Å². The van der Waals surface area contributed by atoms with Crippen LogP contribution in [-0.2, 0) is 64.6 Å². The van der Waals surface area contributed by atoms with Crippen molar-refractivity contribution in [2.75, 3.05) is 13.2 Å². The van der Waals surface area contributed by atoms with Gasteiger partial charge in [0, 0.05) is 25.2 Å². The predicted octanol–water partition coefficient (Wildman–Crippen LogP) is 8.03. The van der Waals surface area contributed by atoms with Gasteiger partial charge in [-0.3, -0.25) is 43.2 Å². The van der Waals surface area contributed by atoms with Gasteiger partial charge in [0.25, 0.3) is 0 Å². The third-order valence-electron chi connectivity index (χ3n) is 15.9. The van der Waals surface area contributed by atoms with E-state index < -0.39 is 125 Å². The molecule has 0 saturated carbocycles. The van der Waals surface area contributed by atoms with Crippen molar-refractivity contribution in [1.29, 1.82) is 0 Å². The van der Waals surface area contributed by atoms with Gasteiger partial charge in [0.05, 0.1) is 6.54 Å². The molecular formula is C75H90N8O14. The summed E-state index contributed by atoms with van der Waals surface area (Å²) in [6.07, 6.45) is -2.40. The fourth-order valence-electron chi connectivity index (χ4n) is 11.4. The van der Waals surface area contributed by atoms with Crippen LogP contribution < -0.4 is 47.3 Å². The van der Waals surface area contributed by atoms with Crippen LogP contribution in [0.2, 0.25) is 0 Å². The first kappa shape index (κ1) is 74.0. The summed E-state index contributed by atoms with van der Waals surface area (Å²) in [5.74, 6) is -7.84. The number of fused-ring (bicyclic) bond motifs is 3. The highest BCUT2D eigenvalue weighted by molar-refractivity contribution is 5.97. The average molecular weight is 1330 g/mol. The number of nitrogens with one attached hydrogen (secondary N) is 8. The lowest BCUT2D eigenvalue weighted by atomic mass is 9.77. The lowest BCUT2D eigenvalue weighted by molar-refractivity contribution is -0.155. The van der Waals surface area contributed by atoms with Gasteiger partial charge in [-0.25, -0.2) is 4.79 Å². The molecule has 0 saturated heterocycles. The fourth-order valence-corrected chi connectivity index (χ4v) is 11.4. The van der Waals surface area contributed by atoms with Crippen molar-refractivity contribution >= 4 is 59.4 Å². The van der Waals surface area contributed by atoms with Crippen LogP contribution in [0.25, 0.3) is 11.1 Å². The van der Waals surface area contributed by atoms with Crippen molar-refractivity contribution in [3.63, 3.8) is 0 Å². The van der Waals surface area contributed by atoms with E-state index >= 15 is 0 Å². The standard InChI is InChI=1S/C75H90N8O14/c1-46(2)42-61(81-70(91)62(43-49-34-36-53(37-35-49)96-73(5,6)7)82-72(94)95-45-58-56-32-22-20-30-54(56)55-31-21-23-33-57(55)58)69(90)80-59(39-41-65(86)97-74(8,9)10)67(88)76-44-64(85)79-60(68(89)77-47(3)66(87)78-48(4)71(92)93)38-40-63(84)83-75(50-24-14-11-15-25-50,51-26-16-12-17-27-51)52-28-18-13-19-29-52/h11-37,46-48,58-62H,38-45H2,1-10H3,(H,76,88)(H,77,89)(H,78,87)(H,79,85)(H,80,90)(H,81,91)(H,82,94)(H,83,84)(H,92,93)/t47-,48-,59-,60-,61-,62-/m0/s1. The predicted molar refractivity (Wildman–Crippen MR) is 365 cm³/mol. The Morgan fingerprint density at radius 1 is 0.474 bits per heavy atom. The minimum Gasteiger partial charge on any atom is -0.488 e. The molecule has 1 aliphatic carbocycles. The largest absolute Gasteiger partial charge is 0.488 e. The molecule has 514 valence electrons. The number of hydrogen-bond donors (Lipinski definition) is 9. The van der Waals surface area contributed by atoms with Crippen LogP contribution in [0.1, 0.15) is 141 Å². The second kappa shape index (κ2) is 33.8. The van der Waals surface area contributed by atoms with Crippen LogP contribution in [0, 0.1) is 5.92 Å². The maximum Gasteiger partial charge on any atom is 0.407 e. The molecule has 22 heteroatoms. The van der Waals surface area contributed by atoms with Gasteiger partial charge in [0.15, 0.2) is 0 Å². The van der Waals surface area contributed by atoms with Crippen LogP contribution in [0.15, 0.2) is 164 Å². The van der Waals surface area contributed by atoms with E-state index in [9.17, 15) is 53.1 Å². The Kier molecular flexibility index (Phi) is 25.8. The van der Waals surface area contributed by atoms with Crippen molar-refractivity contribution in [2.24, 2.45) is 5.92 Å². The van der Waals surface area contributed by atoms with Gasteiger partial charge in [-0.15, -0.1) is 0 Å². The van der Waals surface area contributed by atoms with Crippen molar-refractivity contribution in [1.82, 2.24) is 42.5 Å². The number of esters is 1. The highest BCUT2D eigenvalue weighted by Crippen LogP contribution is 2.44. The Balaban J connectivity index is 1.10. The molecule has 97 heavy (non-hydrogen) atoms. The summed E-state index contributed by atoms with van der Waals surface area (Å²) < 4.78 is 17.4. The summed E-state index contributed by atoms with van der Waals surface area (Å²) >= 11 is 0. The average Bonchev–Trinajstić information content (AvgIpc) is 1.48. The number of carbonyl (C=O) groups excluding carboxylic acids is 9. The van der Waals surface area contributed by atoms with Crippen molar-refractivity contribution in [3.05, 3.63) is 197 Å². The lowest BCUT2D eigenvalue weighted by Gasteiger charge is -2.37. The normalized spacial score (nSPS) is 13.8. The Morgan fingerprint density at radius 2 is 0.948 bits per heavy atom. The monoisotopic (exact) mass is 1330 g/mol. The Hall–Kier alpha value is -10.4. The minimum absolute atomic E-state index is 0.0307. The van der Waals surface area contributed by atoms with E-state index in [1.807, 2.05) is 174 Å². The molecule has 0 unspecified atom stereocenters. The molecule has 22 nitrogen and oxygen atoms in total. The molecule has 8 amide bonds. The second-order valence-electron chi connectivity index (χ2n) is 26.5. The van der Waals surface area contributed by atoms with Crippen molar-refractivity contribution in [2.45, 2.75) is 167 Å². The molecule has 0 bridgehead atoms. The van der Waals surface area contributed by atoms with Crippen LogP contribution in [-0.4, -0.2) is 125 Å². The molecule has 6 atom stereocenters. The first-order chi connectivity index (χ1) is 46.0. The summed E-state index contributed by atoms with van der Waals surface area (Å²) in [6, 6.07) is 42.1. The van der Waals surface area contributed by atoms with Gasteiger partial charge in [-0.2, -0.15) is 0 Å². The summed E-state index contributed by atoms with van der Waals surface area (Å²) in [4.78, 5) is 138. The molecule has 6 aromatic carbocycles. The number of carboxylic acid groups (broad SMARTS) is 1. The topological polar surface area (TPSA) is 315 Å². The molecule has 0 radical (unpaired) electrons. The number of benzene rings is 6. The molecule has 0 aliphatic heterocycles. The number of aliphatic carboxylic acids is 1. The van der Waals surface area contributed by atoms with Crippen LogP contribution >= 0.6 is 0 Å². The van der Waals surface area contributed by atoms with Gasteiger partial charge < -0.3 is 61.9 Å². The van der Waals surface area contributed by atoms with Gasteiger partial charge in [0.1, 0.15) is 65.3 Å². The van der Waals surface area contributed by atoms with E-state index in [4.69, 9.17) is 14.2 Å². The highest BCUT2D eigenvalue weighted by Gasteiger charge is 2.39. The highest BCUT2D eigenvalue weighted by atomic mass is 16.6. The maximum atomic E-state index is 14.7. The van der Waals surface area contributed by atoms with Gasteiger partial charge in [-0.05, 0) is 137 Å². The smallest absolute Gasteiger partial charge is 0.407 e. The zero-order valence-electron chi connectivity index (χ0n) is 56.6. The number of alkyl carbamates (subject to hydrolysis) is 1. The SMILES string of the molecule is CC(C)C[C@H](NC(=O)[C@H](Cc1ccc(OC(C)(C)C)cc1)NC(=O)OCC1c2ccccc2-c2ccccc21)C(=O)N[C@@H](CCC(=O)OC(C)(C)C)C(=O)NCC(=O)N[C@@H](CCC(=O)NC(c1ccccc1)(c1ccccc1)c1ccccc1)C(=O)N[C@@H](C)C(=O)N[C@@H](C)C(=O)O. The zero-order valence-corrected chi connectivity index (χ0v) is 56.6. The first-order valence-corrected chi connectivity index (χ1v) is 32.6. The molecule has 6 aromatic rings. The third-order valence-corrected chi connectivity index (χ3v) is 15.9. The van der Waals surface area contributed by atoms with E-state index in [2.05, 4.69) is 42.5 Å². The summed E-state index contributed by atoms with van der Waals surface area (Å²) in [6.45, 7) is 16.0. The number of carboxylic acids is 1.